The van der Waals surface area contributed by atoms with Gasteiger partial charge in [0.1, 0.15) is 5.56 Å². The number of hydrogen-bond donors (Lipinski definition) is 1. The number of hydrogen-bond acceptors (Lipinski definition) is 4. The first-order valence-electron chi connectivity index (χ1n) is 9.26. The van der Waals surface area contributed by atoms with Gasteiger partial charge in [0.2, 0.25) is 0 Å². The molecule has 0 aliphatic heterocycles. The number of carbonyl (C=O) groups is 1. The summed E-state index contributed by atoms with van der Waals surface area (Å²) in [6.45, 7) is 1.95. The Hall–Kier alpha value is -3.33. The molecule has 10 heteroatoms. The fourth-order valence-corrected chi connectivity index (χ4v) is 2.97. The van der Waals surface area contributed by atoms with Crippen molar-refractivity contribution in [3.63, 3.8) is 0 Å². The van der Waals surface area contributed by atoms with Gasteiger partial charge in [0.05, 0.1) is 23.1 Å². The first kappa shape index (κ1) is 22.4. The van der Waals surface area contributed by atoms with Gasteiger partial charge in [0, 0.05) is 10.6 Å². The van der Waals surface area contributed by atoms with Gasteiger partial charge < -0.3 is 10.6 Å². The molecule has 1 heterocycles. The molecule has 0 amide bonds. The average molecular weight is 451 g/mol. The van der Waals surface area contributed by atoms with E-state index in [-0.39, 0.29) is 17.0 Å². The van der Waals surface area contributed by atoms with E-state index in [0.29, 0.717) is 17.1 Å². The van der Waals surface area contributed by atoms with Crippen molar-refractivity contribution in [1.82, 2.24) is 9.78 Å². The van der Waals surface area contributed by atoms with Crippen LogP contribution in [0.5, 0.6) is 0 Å². The summed E-state index contributed by atoms with van der Waals surface area (Å²) in [7, 11) is 0. The van der Waals surface area contributed by atoms with Gasteiger partial charge in [-0.3, -0.25) is 0 Å². The highest BCUT2D eigenvalue weighted by atomic mass is 35.5. The molecule has 0 fully saturated rings. The smallest absolute Gasteiger partial charge is 0.380 e. The summed E-state index contributed by atoms with van der Waals surface area (Å²) in [6, 6.07) is 11.0. The molecule has 1 aromatic heterocycles. The van der Waals surface area contributed by atoms with Gasteiger partial charge in [-0.25, -0.2) is 9.48 Å². The normalized spacial score (nSPS) is 12.1. The molecule has 0 radical (unpaired) electrons. The molecule has 3 rings (SSSR count). The largest absolute Gasteiger partial charge is 0.416 e. The SMILES string of the molecule is CCCc1c(C(=O)ON=C(N)c2ccc(C(F)(F)F)cc2)cnn1-c1ccc(Cl)cc1. The third-order valence-corrected chi connectivity index (χ3v) is 4.63. The minimum Gasteiger partial charge on any atom is -0.380 e. The van der Waals surface area contributed by atoms with Crippen LogP contribution in [0.2, 0.25) is 5.02 Å². The lowest BCUT2D eigenvalue weighted by Crippen LogP contribution is -2.16. The number of nitrogens with zero attached hydrogens (tertiary/aromatic N) is 3. The van der Waals surface area contributed by atoms with Crippen molar-refractivity contribution in [2.75, 3.05) is 0 Å². The van der Waals surface area contributed by atoms with Gasteiger partial charge in [0.15, 0.2) is 5.84 Å². The number of aromatic nitrogens is 2. The van der Waals surface area contributed by atoms with Crippen molar-refractivity contribution in [1.29, 1.82) is 0 Å². The van der Waals surface area contributed by atoms with Crippen LogP contribution in [0.25, 0.3) is 5.69 Å². The molecule has 0 aliphatic rings. The summed E-state index contributed by atoms with van der Waals surface area (Å²) in [4.78, 5) is 17.5. The average Bonchev–Trinajstić information content (AvgIpc) is 3.16. The predicted molar refractivity (Wildman–Crippen MR) is 110 cm³/mol. The number of halogens is 4. The molecule has 2 aromatic carbocycles. The fraction of sp³-hybridized carbons (Fsp3) is 0.190. The number of alkyl halides is 3. The second-order valence-corrected chi connectivity index (χ2v) is 7.01. The van der Waals surface area contributed by atoms with E-state index < -0.39 is 17.7 Å². The Morgan fingerprint density at radius 3 is 2.39 bits per heavy atom. The van der Waals surface area contributed by atoms with E-state index in [1.807, 2.05) is 6.92 Å². The van der Waals surface area contributed by atoms with Crippen LogP contribution >= 0.6 is 11.6 Å². The second-order valence-electron chi connectivity index (χ2n) is 6.57. The van der Waals surface area contributed by atoms with Crippen molar-refractivity contribution in [2.24, 2.45) is 10.9 Å². The van der Waals surface area contributed by atoms with E-state index in [4.69, 9.17) is 22.2 Å². The molecule has 0 saturated carbocycles. The van der Waals surface area contributed by atoms with Crippen LogP contribution in [0.1, 0.15) is 40.5 Å². The Morgan fingerprint density at radius 2 is 1.81 bits per heavy atom. The summed E-state index contributed by atoms with van der Waals surface area (Å²) in [5.41, 5.74) is 6.67. The topological polar surface area (TPSA) is 82.5 Å². The Balaban J connectivity index is 1.80. The first-order chi connectivity index (χ1) is 14.7. The number of rotatable bonds is 6. The Labute approximate surface area is 181 Å². The molecular weight excluding hydrogens is 433 g/mol. The van der Waals surface area contributed by atoms with Crippen molar-refractivity contribution in [3.05, 3.63) is 82.1 Å². The molecule has 0 spiro atoms. The van der Waals surface area contributed by atoms with Gasteiger partial charge >= 0.3 is 12.1 Å². The molecule has 31 heavy (non-hydrogen) atoms. The number of nitrogens with two attached hydrogens (primary N) is 1. The number of carbonyl (C=O) groups excluding carboxylic acids is 1. The zero-order valence-corrected chi connectivity index (χ0v) is 17.1. The molecule has 0 atom stereocenters. The van der Waals surface area contributed by atoms with Crippen molar-refractivity contribution < 1.29 is 22.8 Å². The lowest BCUT2D eigenvalue weighted by molar-refractivity contribution is -0.137. The standard InChI is InChI=1S/C21H18ClF3N4O2/c1-2-3-18-17(12-27-29(18)16-10-8-15(22)9-11-16)20(30)31-28-19(26)13-4-6-14(7-5-13)21(23,24)25/h4-12H,2-3H2,1H3,(H2,26,28). The van der Waals surface area contributed by atoms with E-state index in [9.17, 15) is 18.0 Å². The van der Waals surface area contributed by atoms with Crippen LogP contribution in [0.15, 0.2) is 59.9 Å². The highest BCUT2D eigenvalue weighted by molar-refractivity contribution is 6.30. The van der Waals surface area contributed by atoms with E-state index in [2.05, 4.69) is 10.3 Å². The molecule has 2 N–H and O–H groups in total. The summed E-state index contributed by atoms with van der Waals surface area (Å²) < 4.78 is 39.6. The van der Waals surface area contributed by atoms with Crippen molar-refractivity contribution >= 4 is 23.4 Å². The first-order valence-corrected chi connectivity index (χ1v) is 9.63. The van der Waals surface area contributed by atoms with Crippen LogP contribution in [-0.2, 0) is 17.4 Å². The third-order valence-electron chi connectivity index (χ3n) is 4.38. The van der Waals surface area contributed by atoms with Crippen molar-refractivity contribution in [3.8, 4) is 5.69 Å². The highest BCUT2D eigenvalue weighted by Gasteiger charge is 2.30. The van der Waals surface area contributed by atoms with Crippen LogP contribution in [-0.4, -0.2) is 21.6 Å². The highest BCUT2D eigenvalue weighted by Crippen LogP contribution is 2.29. The molecule has 0 saturated heterocycles. The van der Waals surface area contributed by atoms with Crippen LogP contribution < -0.4 is 5.73 Å². The van der Waals surface area contributed by atoms with Gasteiger partial charge in [0.25, 0.3) is 0 Å². The van der Waals surface area contributed by atoms with E-state index in [1.54, 1.807) is 28.9 Å². The number of oxime groups is 1. The molecule has 3 aromatic rings. The van der Waals surface area contributed by atoms with Gasteiger partial charge in [-0.15, -0.1) is 0 Å². The fourth-order valence-electron chi connectivity index (χ4n) is 2.85. The Bertz CT molecular complexity index is 1090. The second kappa shape index (κ2) is 9.22. The van der Waals surface area contributed by atoms with Crippen LogP contribution in [0.3, 0.4) is 0 Å². The van der Waals surface area contributed by atoms with E-state index in [0.717, 1.165) is 36.4 Å². The van der Waals surface area contributed by atoms with Gasteiger partial charge in [-0.1, -0.05) is 42.2 Å². The summed E-state index contributed by atoms with van der Waals surface area (Å²) in [6.07, 6.45) is -1.80. The maximum atomic E-state index is 12.7. The molecule has 162 valence electrons. The molecule has 0 aliphatic carbocycles. The minimum atomic E-state index is -4.46. The zero-order valence-electron chi connectivity index (χ0n) is 16.4. The number of benzene rings is 2. The van der Waals surface area contributed by atoms with Gasteiger partial charge in [-0.05, 0) is 42.8 Å². The molecule has 6 nitrogen and oxygen atoms in total. The van der Waals surface area contributed by atoms with E-state index in [1.165, 1.54) is 6.20 Å². The van der Waals surface area contributed by atoms with Crippen LogP contribution in [0.4, 0.5) is 13.2 Å². The molecule has 0 unspecified atom stereocenters. The minimum absolute atomic E-state index is 0.187. The Kier molecular flexibility index (Phi) is 6.65. The third kappa shape index (κ3) is 5.24. The maximum Gasteiger partial charge on any atom is 0.416 e. The van der Waals surface area contributed by atoms with E-state index >= 15 is 0 Å². The van der Waals surface area contributed by atoms with Gasteiger partial charge in [-0.2, -0.15) is 18.3 Å². The molecular formula is C21H18ClF3N4O2. The lowest BCUT2D eigenvalue weighted by Gasteiger charge is -2.08. The van der Waals surface area contributed by atoms with Crippen LogP contribution in [0, 0.1) is 0 Å². The zero-order chi connectivity index (χ0) is 22.6. The molecule has 0 bridgehead atoms. The summed E-state index contributed by atoms with van der Waals surface area (Å²) in [5, 5.41) is 8.40. The summed E-state index contributed by atoms with van der Waals surface area (Å²) in [5.74, 6) is -1.01. The van der Waals surface area contributed by atoms with Crippen molar-refractivity contribution in [2.45, 2.75) is 25.9 Å². The number of amidine groups is 1. The summed E-state index contributed by atoms with van der Waals surface area (Å²) >= 11 is 5.92. The monoisotopic (exact) mass is 450 g/mol. The lowest BCUT2D eigenvalue weighted by atomic mass is 10.1. The maximum absolute atomic E-state index is 12.7. The predicted octanol–water partition coefficient (Wildman–Crippen LogP) is 4.97. The quantitative estimate of drug-likeness (QED) is 0.249. The Morgan fingerprint density at radius 1 is 1.16 bits per heavy atom.